The van der Waals surface area contributed by atoms with Gasteiger partial charge < -0.3 is 15.0 Å². The summed E-state index contributed by atoms with van der Waals surface area (Å²) in [5.74, 6) is 0.781. The molecule has 0 spiro atoms. The first kappa shape index (κ1) is 22.0. The quantitative estimate of drug-likeness (QED) is 0.484. The molecule has 6 heteroatoms. The fraction of sp³-hybridized carbons (Fsp3) is 0.231. The summed E-state index contributed by atoms with van der Waals surface area (Å²) < 4.78 is 6.02. The molecule has 5 nitrogen and oxygen atoms in total. The number of nitrogens with zero attached hydrogens (tertiary/aromatic N) is 1. The maximum absolute atomic E-state index is 13.1. The highest BCUT2D eigenvalue weighted by atomic mass is 32.2. The zero-order valence-electron chi connectivity index (χ0n) is 18.6. The lowest BCUT2D eigenvalue weighted by atomic mass is 10.1. The van der Waals surface area contributed by atoms with Crippen LogP contribution in [0, 0.1) is 6.92 Å². The predicted octanol–water partition coefficient (Wildman–Crippen LogP) is 6.06. The standard InChI is InChI=1S/C26H26N2O3S/c1-16(2)32-20-9-6-18(7-10-20)14-25(29)27-19-8-12-23-21(15-19)26(30)28(4)22-13-17(3)5-11-24(22)31-23/h5-13,15-16H,14H2,1-4H3,(H,27,29). The van der Waals surface area contributed by atoms with Gasteiger partial charge in [-0.05, 0) is 60.5 Å². The van der Waals surface area contributed by atoms with Gasteiger partial charge in [-0.15, -0.1) is 11.8 Å². The number of nitrogens with one attached hydrogen (secondary N) is 1. The molecule has 0 unspecified atom stereocenters. The molecule has 0 bridgehead atoms. The number of aryl methyl sites for hydroxylation is 1. The Bertz CT molecular complexity index is 1170. The summed E-state index contributed by atoms with van der Waals surface area (Å²) in [6, 6.07) is 18.9. The average molecular weight is 447 g/mol. The van der Waals surface area contributed by atoms with E-state index in [4.69, 9.17) is 4.74 Å². The van der Waals surface area contributed by atoms with E-state index in [1.807, 2.05) is 49.4 Å². The van der Waals surface area contributed by atoms with Crippen molar-refractivity contribution in [1.29, 1.82) is 0 Å². The molecule has 1 aliphatic heterocycles. The van der Waals surface area contributed by atoms with Crippen molar-refractivity contribution >= 4 is 35.0 Å². The minimum Gasteiger partial charge on any atom is -0.454 e. The van der Waals surface area contributed by atoms with Crippen molar-refractivity contribution in [3.63, 3.8) is 0 Å². The number of benzene rings is 3. The molecule has 0 atom stereocenters. The van der Waals surface area contributed by atoms with E-state index in [1.54, 1.807) is 41.9 Å². The Morgan fingerprint density at radius 3 is 2.47 bits per heavy atom. The molecule has 0 aromatic heterocycles. The average Bonchev–Trinajstić information content (AvgIpc) is 2.85. The summed E-state index contributed by atoms with van der Waals surface area (Å²) >= 11 is 1.79. The number of anilines is 2. The van der Waals surface area contributed by atoms with Gasteiger partial charge in [-0.25, -0.2) is 0 Å². The van der Waals surface area contributed by atoms with Crippen LogP contribution in [0.15, 0.2) is 65.6 Å². The molecule has 3 aromatic rings. The molecule has 3 aromatic carbocycles. The van der Waals surface area contributed by atoms with Gasteiger partial charge in [0.05, 0.1) is 17.7 Å². The van der Waals surface area contributed by atoms with E-state index in [1.165, 1.54) is 4.90 Å². The van der Waals surface area contributed by atoms with Gasteiger partial charge in [0.15, 0.2) is 5.75 Å². The van der Waals surface area contributed by atoms with E-state index in [2.05, 4.69) is 19.2 Å². The van der Waals surface area contributed by atoms with Crippen molar-refractivity contribution in [3.05, 3.63) is 77.4 Å². The first-order valence-electron chi connectivity index (χ1n) is 10.6. The van der Waals surface area contributed by atoms with Crippen molar-refractivity contribution in [1.82, 2.24) is 0 Å². The van der Waals surface area contributed by atoms with Gasteiger partial charge in [0.2, 0.25) is 5.91 Å². The van der Waals surface area contributed by atoms with Crippen LogP contribution in [-0.2, 0) is 11.2 Å². The van der Waals surface area contributed by atoms with Gasteiger partial charge in [0.1, 0.15) is 5.75 Å². The van der Waals surface area contributed by atoms with Gasteiger partial charge in [0, 0.05) is 22.9 Å². The van der Waals surface area contributed by atoms with Crippen molar-refractivity contribution in [2.45, 2.75) is 37.3 Å². The van der Waals surface area contributed by atoms with Crippen LogP contribution in [0.5, 0.6) is 11.5 Å². The number of carbonyl (C=O) groups excluding carboxylic acids is 2. The van der Waals surface area contributed by atoms with Crippen molar-refractivity contribution in [3.8, 4) is 11.5 Å². The second-order valence-corrected chi connectivity index (χ2v) is 9.83. The van der Waals surface area contributed by atoms with Crippen LogP contribution in [0.1, 0.15) is 35.3 Å². The van der Waals surface area contributed by atoms with Gasteiger partial charge in [0.25, 0.3) is 5.91 Å². The van der Waals surface area contributed by atoms with Crippen LogP contribution in [0.25, 0.3) is 0 Å². The summed E-state index contributed by atoms with van der Waals surface area (Å²) in [7, 11) is 1.73. The van der Waals surface area contributed by atoms with E-state index < -0.39 is 0 Å². The Kier molecular flexibility index (Phi) is 6.24. The molecule has 4 rings (SSSR count). The SMILES string of the molecule is Cc1ccc2c(c1)N(C)C(=O)c1cc(NC(=O)Cc3ccc(SC(C)C)cc3)ccc1O2. The van der Waals surface area contributed by atoms with Gasteiger partial charge in [-0.3, -0.25) is 9.59 Å². The highest BCUT2D eigenvalue weighted by Crippen LogP contribution is 2.39. The Morgan fingerprint density at radius 2 is 1.75 bits per heavy atom. The number of amides is 2. The lowest BCUT2D eigenvalue weighted by Crippen LogP contribution is -2.25. The lowest BCUT2D eigenvalue weighted by Gasteiger charge is -2.16. The van der Waals surface area contributed by atoms with Crippen LogP contribution in [0.2, 0.25) is 0 Å². The Hall–Kier alpha value is -3.25. The van der Waals surface area contributed by atoms with Crippen LogP contribution in [-0.4, -0.2) is 24.1 Å². The fourth-order valence-corrected chi connectivity index (χ4v) is 4.43. The van der Waals surface area contributed by atoms with Crippen molar-refractivity contribution < 1.29 is 14.3 Å². The van der Waals surface area contributed by atoms with Crippen LogP contribution < -0.4 is 15.0 Å². The Morgan fingerprint density at radius 1 is 1.03 bits per heavy atom. The van der Waals surface area contributed by atoms with E-state index >= 15 is 0 Å². The second kappa shape index (κ2) is 9.09. The third kappa shape index (κ3) is 4.81. The number of ether oxygens (including phenoxy) is 1. The number of thioether (sulfide) groups is 1. The molecule has 0 radical (unpaired) electrons. The summed E-state index contributed by atoms with van der Waals surface area (Å²) in [6.07, 6.45) is 0.263. The maximum Gasteiger partial charge on any atom is 0.261 e. The molecular weight excluding hydrogens is 420 g/mol. The monoisotopic (exact) mass is 446 g/mol. The molecule has 0 saturated carbocycles. The molecule has 32 heavy (non-hydrogen) atoms. The van der Waals surface area contributed by atoms with Gasteiger partial charge in [-0.1, -0.05) is 32.0 Å². The lowest BCUT2D eigenvalue weighted by molar-refractivity contribution is -0.115. The Balaban J connectivity index is 1.49. The zero-order valence-corrected chi connectivity index (χ0v) is 19.5. The van der Waals surface area contributed by atoms with Crippen molar-refractivity contribution in [2.75, 3.05) is 17.3 Å². The predicted molar refractivity (Wildman–Crippen MR) is 130 cm³/mol. The molecule has 164 valence electrons. The van der Waals surface area contributed by atoms with E-state index in [9.17, 15) is 9.59 Å². The van der Waals surface area contributed by atoms with Gasteiger partial charge in [-0.2, -0.15) is 0 Å². The molecule has 0 saturated heterocycles. The highest BCUT2D eigenvalue weighted by molar-refractivity contribution is 7.99. The zero-order chi connectivity index (χ0) is 22.8. The molecule has 0 fully saturated rings. The first-order chi connectivity index (χ1) is 15.3. The molecule has 2 amide bonds. The smallest absolute Gasteiger partial charge is 0.261 e. The number of carbonyl (C=O) groups is 2. The van der Waals surface area contributed by atoms with E-state index in [0.717, 1.165) is 16.8 Å². The molecule has 1 heterocycles. The first-order valence-corrected chi connectivity index (χ1v) is 11.4. The third-order valence-electron chi connectivity index (χ3n) is 5.15. The molecule has 1 aliphatic rings. The molecule has 1 N–H and O–H groups in total. The number of hydrogen-bond donors (Lipinski definition) is 1. The van der Waals surface area contributed by atoms with E-state index in [0.29, 0.717) is 28.0 Å². The third-order valence-corrected chi connectivity index (χ3v) is 6.17. The maximum atomic E-state index is 13.1. The summed E-state index contributed by atoms with van der Waals surface area (Å²) in [5, 5.41) is 3.42. The second-order valence-electron chi connectivity index (χ2n) is 8.18. The van der Waals surface area contributed by atoms with E-state index in [-0.39, 0.29) is 18.2 Å². The number of hydrogen-bond acceptors (Lipinski definition) is 4. The van der Waals surface area contributed by atoms with Crippen LogP contribution in [0.3, 0.4) is 0 Å². The van der Waals surface area contributed by atoms with Crippen LogP contribution >= 0.6 is 11.8 Å². The molecular formula is C26H26N2O3S. The van der Waals surface area contributed by atoms with Gasteiger partial charge >= 0.3 is 0 Å². The number of fused-ring (bicyclic) bond motifs is 2. The topological polar surface area (TPSA) is 58.6 Å². The summed E-state index contributed by atoms with van der Waals surface area (Å²) in [5.41, 5.74) is 3.68. The normalized spacial score (nSPS) is 12.7. The summed E-state index contributed by atoms with van der Waals surface area (Å²) in [6.45, 7) is 6.28. The minimum atomic E-state index is -0.182. The van der Waals surface area contributed by atoms with Crippen LogP contribution in [0.4, 0.5) is 11.4 Å². The fourth-order valence-electron chi connectivity index (χ4n) is 3.60. The minimum absolute atomic E-state index is 0.136. The highest BCUT2D eigenvalue weighted by Gasteiger charge is 2.26. The van der Waals surface area contributed by atoms with Crippen molar-refractivity contribution in [2.24, 2.45) is 0 Å². The largest absolute Gasteiger partial charge is 0.454 e. The molecule has 0 aliphatic carbocycles. The Labute approximate surface area is 192 Å². The number of rotatable bonds is 5. The summed E-state index contributed by atoms with van der Waals surface area (Å²) in [4.78, 5) is 28.4.